The highest BCUT2D eigenvalue weighted by Gasteiger charge is 2.22. The van der Waals surface area contributed by atoms with E-state index >= 15 is 0 Å². The third-order valence-electron chi connectivity index (χ3n) is 4.22. The molecule has 1 aromatic rings. The van der Waals surface area contributed by atoms with E-state index in [9.17, 15) is 5.11 Å². The van der Waals surface area contributed by atoms with Crippen LogP contribution in [0.2, 0.25) is 0 Å². The molecule has 0 radical (unpaired) electrons. The zero-order valence-corrected chi connectivity index (χ0v) is 11.3. The molecule has 3 rings (SSSR count). The summed E-state index contributed by atoms with van der Waals surface area (Å²) in [4.78, 5) is 0. The van der Waals surface area contributed by atoms with E-state index in [-0.39, 0.29) is 12.2 Å². The predicted octanol–water partition coefficient (Wildman–Crippen LogP) is 3.55. The van der Waals surface area contributed by atoms with Crippen molar-refractivity contribution >= 4 is 0 Å². The lowest BCUT2D eigenvalue weighted by Gasteiger charge is -2.27. The quantitative estimate of drug-likeness (QED) is 0.822. The fourth-order valence-corrected chi connectivity index (χ4v) is 3.20. The molecule has 2 unspecified atom stereocenters. The molecule has 2 nitrogen and oxygen atoms in total. The summed E-state index contributed by atoms with van der Waals surface area (Å²) in [5.74, 6) is 0. The molecule has 2 atom stereocenters. The fraction of sp³-hybridized carbons (Fsp3) is 0.529. The summed E-state index contributed by atoms with van der Waals surface area (Å²) in [7, 11) is 0. The molecule has 0 amide bonds. The molecule has 1 heterocycles. The molecule has 0 bridgehead atoms. The molecule has 2 aliphatic rings. The first-order chi connectivity index (χ1) is 9.33. The van der Waals surface area contributed by atoms with E-state index in [2.05, 4.69) is 30.3 Å². The van der Waals surface area contributed by atoms with Gasteiger partial charge < -0.3 is 9.84 Å². The standard InChI is InChI=1S/C17H22O2/c18-15-7-3-1-5-13(11-15)12-17-16-8-4-2-6-14(16)9-10-19-17/h2,4,6,8,11,15,17-18H,1,3,5,7,9-10,12H2. The molecular formula is C17H22O2. The summed E-state index contributed by atoms with van der Waals surface area (Å²) in [6.45, 7) is 0.817. The van der Waals surface area contributed by atoms with Crippen molar-refractivity contribution in [2.75, 3.05) is 6.61 Å². The minimum Gasteiger partial charge on any atom is -0.389 e. The van der Waals surface area contributed by atoms with Gasteiger partial charge in [0.15, 0.2) is 0 Å². The Morgan fingerprint density at radius 1 is 1.16 bits per heavy atom. The van der Waals surface area contributed by atoms with Gasteiger partial charge in [-0.05, 0) is 43.2 Å². The van der Waals surface area contributed by atoms with Crippen molar-refractivity contribution in [1.82, 2.24) is 0 Å². The maximum absolute atomic E-state index is 9.87. The number of hydrogen-bond acceptors (Lipinski definition) is 2. The van der Waals surface area contributed by atoms with E-state index in [1.54, 1.807) is 0 Å². The van der Waals surface area contributed by atoms with Crippen LogP contribution in [-0.2, 0) is 11.2 Å². The summed E-state index contributed by atoms with van der Waals surface area (Å²) >= 11 is 0. The zero-order chi connectivity index (χ0) is 13.1. The molecule has 1 N–H and O–H groups in total. The molecular weight excluding hydrogens is 236 g/mol. The van der Waals surface area contributed by atoms with Crippen LogP contribution in [0, 0.1) is 0 Å². The van der Waals surface area contributed by atoms with Crippen molar-refractivity contribution in [2.45, 2.75) is 50.7 Å². The van der Waals surface area contributed by atoms with E-state index in [0.29, 0.717) is 0 Å². The second kappa shape index (κ2) is 5.89. The van der Waals surface area contributed by atoms with Gasteiger partial charge in [-0.1, -0.05) is 42.3 Å². The second-order valence-electron chi connectivity index (χ2n) is 5.65. The van der Waals surface area contributed by atoms with Gasteiger partial charge in [0.25, 0.3) is 0 Å². The molecule has 1 aliphatic heterocycles. The van der Waals surface area contributed by atoms with E-state index in [1.165, 1.54) is 23.1 Å². The Hall–Kier alpha value is -1.12. The number of benzene rings is 1. The Labute approximate surface area is 115 Å². The van der Waals surface area contributed by atoms with Gasteiger partial charge in [-0.25, -0.2) is 0 Å². The SMILES string of the molecule is OC1C=C(CC2OCCc3ccccc32)CCCC1. The first-order valence-electron chi connectivity index (χ1n) is 7.40. The van der Waals surface area contributed by atoms with Gasteiger partial charge in [0.05, 0.1) is 18.8 Å². The number of fused-ring (bicyclic) bond motifs is 1. The molecule has 0 spiro atoms. The summed E-state index contributed by atoms with van der Waals surface area (Å²) in [5.41, 5.74) is 4.13. The Morgan fingerprint density at radius 2 is 2.05 bits per heavy atom. The highest BCUT2D eigenvalue weighted by atomic mass is 16.5. The Kier molecular flexibility index (Phi) is 4.00. The van der Waals surface area contributed by atoms with Gasteiger partial charge in [-0.15, -0.1) is 0 Å². The average molecular weight is 258 g/mol. The molecule has 2 heteroatoms. The Morgan fingerprint density at radius 3 is 3.00 bits per heavy atom. The van der Waals surface area contributed by atoms with Crippen LogP contribution < -0.4 is 0 Å². The second-order valence-corrected chi connectivity index (χ2v) is 5.65. The monoisotopic (exact) mass is 258 g/mol. The molecule has 19 heavy (non-hydrogen) atoms. The maximum atomic E-state index is 9.87. The zero-order valence-electron chi connectivity index (χ0n) is 11.3. The lowest BCUT2D eigenvalue weighted by Crippen LogP contribution is -2.17. The van der Waals surface area contributed by atoms with Gasteiger partial charge in [0.2, 0.25) is 0 Å². The molecule has 1 aromatic carbocycles. The van der Waals surface area contributed by atoms with Crippen LogP contribution in [0.15, 0.2) is 35.9 Å². The van der Waals surface area contributed by atoms with Gasteiger partial charge in [-0.3, -0.25) is 0 Å². The first kappa shape index (κ1) is 12.9. The normalized spacial score (nSPS) is 27.3. The van der Waals surface area contributed by atoms with E-state index in [1.807, 2.05) is 0 Å². The van der Waals surface area contributed by atoms with Gasteiger partial charge in [0.1, 0.15) is 0 Å². The van der Waals surface area contributed by atoms with Crippen molar-refractivity contribution in [3.8, 4) is 0 Å². The van der Waals surface area contributed by atoms with Crippen molar-refractivity contribution in [2.24, 2.45) is 0 Å². The van der Waals surface area contributed by atoms with Crippen molar-refractivity contribution in [3.05, 3.63) is 47.0 Å². The van der Waals surface area contributed by atoms with Gasteiger partial charge >= 0.3 is 0 Å². The van der Waals surface area contributed by atoms with E-state index in [4.69, 9.17) is 4.74 Å². The molecule has 0 saturated carbocycles. The maximum Gasteiger partial charge on any atom is 0.0864 e. The molecule has 0 aromatic heterocycles. The van der Waals surface area contributed by atoms with Crippen LogP contribution in [0.5, 0.6) is 0 Å². The smallest absolute Gasteiger partial charge is 0.0864 e. The van der Waals surface area contributed by atoms with Crippen LogP contribution in [0.3, 0.4) is 0 Å². The number of rotatable bonds is 2. The molecule has 0 saturated heterocycles. The summed E-state index contributed by atoms with van der Waals surface area (Å²) in [5, 5.41) is 9.87. The highest BCUT2D eigenvalue weighted by Crippen LogP contribution is 2.34. The fourth-order valence-electron chi connectivity index (χ4n) is 3.20. The average Bonchev–Trinajstić information content (AvgIpc) is 2.63. The minimum absolute atomic E-state index is 0.182. The molecule has 0 fully saturated rings. The lowest BCUT2D eigenvalue weighted by molar-refractivity contribution is 0.0420. The van der Waals surface area contributed by atoms with Crippen LogP contribution in [0.25, 0.3) is 0 Å². The van der Waals surface area contributed by atoms with Crippen LogP contribution in [0.1, 0.15) is 49.3 Å². The first-order valence-corrected chi connectivity index (χ1v) is 7.40. The van der Waals surface area contributed by atoms with Crippen LogP contribution in [0.4, 0.5) is 0 Å². The number of aliphatic hydroxyl groups is 1. The molecule has 1 aliphatic carbocycles. The molecule has 102 valence electrons. The van der Waals surface area contributed by atoms with E-state index in [0.717, 1.165) is 38.7 Å². The largest absolute Gasteiger partial charge is 0.389 e. The van der Waals surface area contributed by atoms with E-state index < -0.39 is 0 Å². The number of aliphatic hydroxyl groups excluding tert-OH is 1. The lowest BCUT2D eigenvalue weighted by atomic mass is 9.92. The Bertz CT molecular complexity index is 464. The minimum atomic E-state index is -0.253. The van der Waals surface area contributed by atoms with Crippen LogP contribution in [-0.4, -0.2) is 17.8 Å². The number of ether oxygens (including phenoxy) is 1. The van der Waals surface area contributed by atoms with Crippen molar-refractivity contribution in [3.63, 3.8) is 0 Å². The summed E-state index contributed by atoms with van der Waals surface area (Å²) in [6, 6.07) is 8.60. The van der Waals surface area contributed by atoms with Crippen molar-refractivity contribution in [1.29, 1.82) is 0 Å². The number of hydrogen-bond donors (Lipinski definition) is 1. The highest BCUT2D eigenvalue weighted by molar-refractivity contribution is 5.32. The third kappa shape index (κ3) is 3.07. The summed E-state index contributed by atoms with van der Waals surface area (Å²) < 4.78 is 5.96. The topological polar surface area (TPSA) is 29.5 Å². The van der Waals surface area contributed by atoms with Gasteiger partial charge in [-0.2, -0.15) is 0 Å². The van der Waals surface area contributed by atoms with Crippen LogP contribution >= 0.6 is 0 Å². The van der Waals surface area contributed by atoms with Crippen molar-refractivity contribution < 1.29 is 9.84 Å². The van der Waals surface area contributed by atoms with Gasteiger partial charge in [0, 0.05) is 0 Å². The Balaban J connectivity index is 1.77. The third-order valence-corrected chi connectivity index (χ3v) is 4.22. The summed E-state index contributed by atoms with van der Waals surface area (Å²) in [6.07, 6.45) is 8.29. The predicted molar refractivity (Wildman–Crippen MR) is 76.0 cm³/mol.